The van der Waals surface area contributed by atoms with Gasteiger partial charge in [0.05, 0.1) is 6.54 Å². The Morgan fingerprint density at radius 1 is 0.968 bits per heavy atom. The first-order valence-corrected chi connectivity index (χ1v) is 10.7. The van der Waals surface area contributed by atoms with Crippen molar-refractivity contribution in [3.8, 4) is 11.4 Å². The van der Waals surface area contributed by atoms with E-state index in [1.165, 1.54) is 5.56 Å². The summed E-state index contributed by atoms with van der Waals surface area (Å²) in [7, 11) is 3.91. The smallest absolute Gasteiger partial charge is 0.241 e. The molecule has 1 fully saturated rings. The zero-order valence-electron chi connectivity index (χ0n) is 18.9. The summed E-state index contributed by atoms with van der Waals surface area (Å²) < 4.78 is 5.49. The number of hydrogen-bond donors (Lipinski definition) is 0. The first-order chi connectivity index (χ1) is 14.9. The van der Waals surface area contributed by atoms with E-state index >= 15 is 0 Å². The Hall–Kier alpha value is -3.07. The molecule has 1 aliphatic heterocycles. The van der Waals surface area contributed by atoms with Gasteiger partial charge >= 0.3 is 0 Å². The lowest BCUT2D eigenvalue weighted by Gasteiger charge is -2.34. The lowest BCUT2D eigenvalue weighted by molar-refractivity contribution is 0.214. The van der Waals surface area contributed by atoms with Crippen LogP contribution in [0.3, 0.4) is 0 Å². The van der Waals surface area contributed by atoms with Gasteiger partial charge < -0.3 is 14.3 Å². The van der Waals surface area contributed by atoms with E-state index < -0.39 is 0 Å². The van der Waals surface area contributed by atoms with Gasteiger partial charge in [0.2, 0.25) is 23.6 Å². The summed E-state index contributed by atoms with van der Waals surface area (Å²) in [4.78, 5) is 25.0. The number of anilines is 2. The molecule has 0 radical (unpaired) electrons. The lowest BCUT2D eigenvalue weighted by atomic mass is 10.1. The van der Waals surface area contributed by atoms with Gasteiger partial charge in [-0.3, -0.25) is 4.90 Å². The van der Waals surface area contributed by atoms with E-state index in [2.05, 4.69) is 62.8 Å². The molecule has 0 N–H and O–H groups in total. The molecule has 0 unspecified atom stereocenters. The van der Waals surface area contributed by atoms with Gasteiger partial charge in [-0.05, 0) is 6.92 Å². The van der Waals surface area contributed by atoms with Crippen LogP contribution in [0.1, 0.15) is 37.0 Å². The number of aromatic nitrogens is 5. The molecule has 3 aromatic rings. The van der Waals surface area contributed by atoms with Gasteiger partial charge in [-0.15, -0.1) is 0 Å². The minimum atomic E-state index is 0.252. The molecule has 164 valence electrons. The average molecular weight is 423 g/mol. The molecule has 1 saturated heterocycles. The molecule has 4 rings (SSSR count). The van der Waals surface area contributed by atoms with Crippen molar-refractivity contribution in [3.05, 3.63) is 41.5 Å². The molecule has 0 atom stereocenters. The summed E-state index contributed by atoms with van der Waals surface area (Å²) >= 11 is 0. The van der Waals surface area contributed by atoms with E-state index in [-0.39, 0.29) is 5.92 Å². The van der Waals surface area contributed by atoms with Crippen molar-refractivity contribution in [2.75, 3.05) is 50.1 Å². The molecular formula is C22H30N8O. The normalized spacial score (nSPS) is 15.0. The largest absolute Gasteiger partial charge is 0.347 e. The van der Waals surface area contributed by atoms with Crippen molar-refractivity contribution in [3.63, 3.8) is 0 Å². The number of nitrogens with zero attached hydrogens (tertiary/aromatic N) is 8. The van der Waals surface area contributed by atoms with Gasteiger partial charge in [-0.25, -0.2) is 0 Å². The minimum Gasteiger partial charge on any atom is -0.347 e. The molecule has 9 nitrogen and oxygen atoms in total. The lowest BCUT2D eigenvalue weighted by Crippen LogP contribution is -2.46. The van der Waals surface area contributed by atoms with Gasteiger partial charge in [-0.2, -0.15) is 19.9 Å². The number of hydrogen-bond acceptors (Lipinski definition) is 9. The van der Waals surface area contributed by atoms with E-state index in [4.69, 9.17) is 9.51 Å². The second-order valence-electron chi connectivity index (χ2n) is 8.48. The fourth-order valence-electron chi connectivity index (χ4n) is 3.41. The van der Waals surface area contributed by atoms with Crippen LogP contribution in [0, 0.1) is 6.92 Å². The molecule has 1 aromatic carbocycles. The van der Waals surface area contributed by atoms with Gasteiger partial charge in [0, 0.05) is 51.8 Å². The van der Waals surface area contributed by atoms with E-state index in [0.29, 0.717) is 24.2 Å². The Morgan fingerprint density at radius 2 is 1.68 bits per heavy atom. The summed E-state index contributed by atoms with van der Waals surface area (Å²) in [5, 5.41) is 4.14. The van der Waals surface area contributed by atoms with Crippen molar-refractivity contribution in [1.82, 2.24) is 30.0 Å². The zero-order chi connectivity index (χ0) is 22.0. The quantitative estimate of drug-likeness (QED) is 0.595. The summed E-state index contributed by atoms with van der Waals surface area (Å²) in [6.07, 6.45) is 0. The van der Waals surface area contributed by atoms with Crippen molar-refractivity contribution in [2.24, 2.45) is 0 Å². The van der Waals surface area contributed by atoms with Crippen LogP contribution in [-0.4, -0.2) is 70.3 Å². The maximum atomic E-state index is 5.49. The summed E-state index contributed by atoms with van der Waals surface area (Å²) in [6, 6.07) is 8.14. The van der Waals surface area contributed by atoms with Crippen LogP contribution in [0.5, 0.6) is 0 Å². The van der Waals surface area contributed by atoms with Crippen LogP contribution in [0.4, 0.5) is 11.9 Å². The van der Waals surface area contributed by atoms with Crippen LogP contribution >= 0.6 is 0 Å². The standard InChI is InChI=1S/C22H30N8O/c1-15(2)19-24-21(28(4)5)26-22(25-19)30-12-10-29(11-13-30)14-18-23-20(27-31-18)17-8-6-16(3)7-9-17/h6-9,15H,10-14H2,1-5H3. The van der Waals surface area contributed by atoms with Crippen LogP contribution in [-0.2, 0) is 6.54 Å². The molecule has 9 heteroatoms. The number of rotatable bonds is 6. The highest BCUT2D eigenvalue weighted by molar-refractivity contribution is 5.54. The Balaban J connectivity index is 1.39. The van der Waals surface area contributed by atoms with E-state index in [0.717, 1.165) is 43.5 Å². The summed E-state index contributed by atoms with van der Waals surface area (Å²) in [5.41, 5.74) is 2.18. The Bertz CT molecular complexity index is 980. The minimum absolute atomic E-state index is 0.252. The number of piperazine rings is 1. The Kier molecular flexibility index (Phi) is 6.13. The Morgan fingerprint density at radius 3 is 2.32 bits per heavy atom. The highest BCUT2D eigenvalue weighted by Gasteiger charge is 2.23. The predicted octanol–water partition coefficient (Wildman–Crippen LogP) is 2.74. The molecular weight excluding hydrogens is 392 g/mol. The SMILES string of the molecule is Cc1ccc(-c2noc(CN3CCN(c4nc(C(C)C)nc(N(C)C)n4)CC3)n2)cc1. The molecule has 31 heavy (non-hydrogen) atoms. The van der Waals surface area contributed by atoms with Crippen molar-refractivity contribution in [2.45, 2.75) is 33.2 Å². The van der Waals surface area contributed by atoms with Crippen molar-refractivity contribution in [1.29, 1.82) is 0 Å². The fourth-order valence-corrected chi connectivity index (χ4v) is 3.41. The van der Waals surface area contributed by atoms with Crippen molar-refractivity contribution >= 4 is 11.9 Å². The van der Waals surface area contributed by atoms with E-state index in [1.807, 2.05) is 31.1 Å². The molecule has 0 spiro atoms. The molecule has 1 aliphatic rings. The second-order valence-corrected chi connectivity index (χ2v) is 8.48. The van der Waals surface area contributed by atoms with Crippen LogP contribution in [0.25, 0.3) is 11.4 Å². The molecule has 0 aliphatic carbocycles. The van der Waals surface area contributed by atoms with Gasteiger partial charge in [-0.1, -0.05) is 48.8 Å². The molecule has 3 heterocycles. The summed E-state index contributed by atoms with van der Waals surface area (Å²) in [5.74, 6) is 3.80. The van der Waals surface area contributed by atoms with Gasteiger partial charge in [0.15, 0.2) is 0 Å². The van der Waals surface area contributed by atoms with Crippen molar-refractivity contribution < 1.29 is 4.52 Å². The molecule has 0 bridgehead atoms. The van der Waals surface area contributed by atoms with Gasteiger partial charge in [0.25, 0.3) is 0 Å². The third kappa shape index (κ3) is 4.99. The van der Waals surface area contributed by atoms with Crippen LogP contribution in [0.2, 0.25) is 0 Å². The zero-order valence-corrected chi connectivity index (χ0v) is 18.9. The Labute approximate surface area is 183 Å². The topological polar surface area (TPSA) is 87.3 Å². The summed E-state index contributed by atoms with van der Waals surface area (Å²) in [6.45, 7) is 10.3. The monoisotopic (exact) mass is 422 g/mol. The van der Waals surface area contributed by atoms with E-state index in [1.54, 1.807) is 0 Å². The maximum absolute atomic E-state index is 5.49. The number of benzene rings is 1. The van der Waals surface area contributed by atoms with Crippen LogP contribution < -0.4 is 9.80 Å². The third-order valence-electron chi connectivity index (χ3n) is 5.34. The second kappa shape index (κ2) is 8.97. The maximum Gasteiger partial charge on any atom is 0.241 e. The highest BCUT2D eigenvalue weighted by atomic mass is 16.5. The average Bonchev–Trinajstić information content (AvgIpc) is 3.23. The third-order valence-corrected chi connectivity index (χ3v) is 5.34. The molecule has 2 aromatic heterocycles. The first kappa shape index (κ1) is 21.2. The molecule has 0 amide bonds. The van der Waals surface area contributed by atoms with Crippen LogP contribution in [0.15, 0.2) is 28.8 Å². The van der Waals surface area contributed by atoms with E-state index in [9.17, 15) is 0 Å². The highest BCUT2D eigenvalue weighted by Crippen LogP contribution is 2.20. The first-order valence-electron chi connectivity index (χ1n) is 10.7. The molecule has 0 saturated carbocycles. The number of aryl methyl sites for hydroxylation is 1. The predicted molar refractivity (Wildman–Crippen MR) is 120 cm³/mol. The van der Waals surface area contributed by atoms with Gasteiger partial charge in [0.1, 0.15) is 5.82 Å². The fraction of sp³-hybridized carbons (Fsp3) is 0.500.